The van der Waals surface area contributed by atoms with Crippen LogP contribution in [0.4, 0.5) is 5.69 Å². The normalized spacial score (nSPS) is 13.6. The number of ether oxygens (including phenoxy) is 1. The van der Waals surface area contributed by atoms with Gasteiger partial charge in [0.1, 0.15) is 12.6 Å². The first kappa shape index (κ1) is 16.3. The molecule has 0 unspecified atom stereocenters. The van der Waals surface area contributed by atoms with Gasteiger partial charge in [0.15, 0.2) is 0 Å². The van der Waals surface area contributed by atoms with Crippen LogP contribution in [-0.4, -0.2) is 24.6 Å². The minimum atomic E-state index is -0.0904. The molecule has 0 aliphatic heterocycles. The molecular weight excluding hydrogens is 286 g/mol. The number of fused-ring (bicyclic) bond motifs is 1. The van der Waals surface area contributed by atoms with Gasteiger partial charge in [-0.2, -0.15) is 0 Å². The molecule has 4 heteroatoms. The molecule has 0 saturated heterocycles. The van der Waals surface area contributed by atoms with Gasteiger partial charge in [-0.3, -0.25) is 9.69 Å². The SMILES string of the molecule is CCc1ccc2c(c1N(COC(C)C)C(=O)CCl)CCC2. The van der Waals surface area contributed by atoms with Gasteiger partial charge in [0.05, 0.1) is 11.8 Å². The second-order valence-electron chi connectivity index (χ2n) is 5.72. The lowest BCUT2D eigenvalue weighted by Crippen LogP contribution is -2.36. The third-order valence-electron chi connectivity index (χ3n) is 3.94. The number of aryl methyl sites for hydroxylation is 2. The number of rotatable bonds is 6. The van der Waals surface area contributed by atoms with Crippen molar-refractivity contribution in [1.29, 1.82) is 0 Å². The molecule has 1 aromatic carbocycles. The standard InChI is InChI=1S/C17H24ClNO2/c1-4-13-8-9-14-6-5-7-15(14)17(13)19(16(20)10-18)11-21-12(2)3/h8-9,12H,4-7,10-11H2,1-3H3. The third-order valence-corrected chi connectivity index (χ3v) is 4.17. The lowest BCUT2D eigenvalue weighted by atomic mass is 10.00. The fraction of sp³-hybridized carbons (Fsp3) is 0.588. The summed E-state index contributed by atoms with van der Waals surface area (Å²) in [5, 5.41) is 0. The Morgan fingerprint density at radius 1 is 1.38 bits per heavy atom. The van der Waals surface area contributed by atoms with Crippen LogP contribution in [0.1, 0.15) is 43.9 Å². The molecule has 116 valence electrons. The number of carbonyl (C=O) groups excluding carboxylic acids is 1. The Bertz CT molecular complexity index is 514. The Kier molecular flexibility index (Phi) is 5.65. The molecule has 0 radical (unpaired) electrons. The monoisotopic (exact) mass is 309 g/mol. The Labute approximate surface area is 132 Å². The molecule has 0 saturated carbocycles. The van der Waals surface area contributed by atoms with E-state index in [1.165, 1.54) is 16.7 Å². The first-order chi connectivity index (χ1) is 10.1. The van der Waals surface area contributed by atoms with Crippen LogP contribution in [0.15, 0.2) is 12.1 Å². The second-order valence-corrected chi connectivity index (χ2v) is 5.99. The Balaban J connectivity index is 2.43. The van der Waals surface area contributed by atoms with Gasteiger partial charge in [-0.15, -0.1) is 11.6 Å². The molecule has 0 fully saturated rings. The summed E-state index contributed by atoms with van der Waals surface area (Å²) in [5.41, 5.74) is 4.90. The smallest absolute Gasteiger partial charge is 0.243 e. The molecule has 1 aromatic rings. The summed E-state index contributed by atoms with van der Waals surface area (Å²) in [6.07, 6.45) is 4.27. The zero-order valence-corrected chi connectivity index (χ0v) is 13.9. The predicted molar refractivity (Wildman–Crippen MR) is 87.1 cm³/mol. The Hall–Kier alpha value is -1.06. The zero-order valence-electron chi connectivity index (χ0n) is 13.1. The van der Waals surface area contributed by atoms with Crippen LogP contribution in [0, 0.1) is 0 Å². The van der Waals surface area contributed by atoms with Crippen LogP contribution in [0.2, 0.25) is 0 Å². The number of nitrogens with zero attached hydrogens (tertiary/aromatic N) is 1. The zero-order chi connectivity index (χ0) is 15.4. The molecular formula is C17H24ClNO2. The van der Waals surface area contributed by atoms with Crippen molar-refractivity contribution in [2.24, 2.45) is 0 Å². The fourth-order valence-corrected chi connectivity index (χ4v) is 3.02. The van der Waals surface area contributed by atoms with E-state index < -0.39 is 0 Å². The number of amides is 1. The van der Waals surface area contributed by atoms with Crippen LogP contribution >= 0.6 is 11.6 Å². The molecule has 0 heterocycles. The molecule has 2 rings (SSSR count). The van der Waals surface area contributed by atoms with E-state index in [0.29, 0.717) is 0 Å². The topological polar surface area (TPSA) is 29.5 Å². The third kappa shape index (κ3) is 3.58. The maximum atomic E-state index is 12.3. The van der Waals surface area contributed by atoms with Crippen molar-refractivity contribution in [1.82, 2.24) is 0 Å². The lowest BCUT2D eigenvalue weighted by Gasteiger charge is -2.28. The van der Waals surface area contributed by atoms with Gasteiger partial charge in [-0.1, -0.05) is 19.1 Å². The van der Waals surface area contributed by atoms with Gasteiger partial charge in [-0.25, -0.2) is 0 Å². The van der Waals surface area contributed by atoms with Gasteiger partial charge < -0.3 is 4.74 Å². The highest BCUT2D eigenvalue weighted by Gasteiger charge is 2.25. The summed E-state index contributed by atoms with van der Waals surface area (Å²) >= 11 is 5.81. The van der Waals surface area contributed by atoms with E-state index in [1.807, 2.05) is 13.8 Å². The lowest BCUT2D eigenvalue weighted by molar-refractivity contribution is -0.117. The van der Waals surface area contributed by atoms with Crippen molar-refractivity contribution in [2.45, 2.75) is 52.6 Å². The largest absolute Gasteiger partial charge is 0.358 e. The summed E-state index contributed by atoms with van der Waals surface area (Å²) in [6.45, 7) is 6.33. The van der Waals surface area contributed by atoms with E-state index in [4.69, 9.17) is 16.3 Å². The average Bonchev–Trinajstić information content (AvgIpc) is 2.95. The van der Waals surface area contributed by atoms with Crippen LogP contribution in [0.3, 0.4) is 0 Å². The molecule has 0 atom stereocenters. The number of hydrogen-bond donors (Lipinski definition) is 0. The summed E-state index contributed by atoms with van der Waals surface area (Å²) in [7, 11) is 0. The highest BCUT2D eigenvalue weighted by Crippen LogP contribution is 2.35. The van der Waals surface area contributed by atoms with Crippen LogP contribution in [0.25, 0.3) is 0 Å². The van der Waals surface area contributed by atoms with E-state index in [9.17, 15) is 4.79 Å². The summed E-state index contributed by atoms with van der Waals surface area (Å²) in [4.78, 5) is 14.0. The summed E-state index contributed by atoms with van der Waals surface area (Å²) < 4.78 is 5.69. The van der Waals surface area contributed by atoms with Crippen molar-refractivity contribution in [3.05, 3.63) is 28.8 Å². The maximum Gasteiger partial charge on any atom is 0.243 e. The van der Waals surface area contributed by atoms with Crippen molar-refractivity contribution in [3.8, 4) is 0 Å². The number of alkyl halides is 1. The average molecular weight is 310 g/mol. The highest BCUT2D eigenvalue weighted by molar-refractivity contribution is 6.29. The molecule has 0 N–H and O–H groups in total. The van der Waals surface area contributed by atoms with E-state index in [2.05, 4.69) is 19.1 Å². The molecule has 0 bridgehead atoms. The van der Waals surface area contributed by atoms with Gasteiger partial charge in [-0.05, 0) is 56.2 Å². The minimum absolute atomic E-state index is 0.0196. The first-order valence-electron chi connectivity index (χ1n) is 7.70. The van der Waals surface area contributed by atoms with Crippen molar-refractivity contribution < 1.29 is 9.53 Å². The van der Waals surface area contributed by atoms with E-state index in [0.717, 1.165) is 31.4 Å². The van der Waals surface area contributed by atoms with Gasteiger partial charge in [0.25, 0.3) is 0 Å². The predicted octanol–water partition coefficient (Wildman–Crippen LogP) is 3.69. The molecule has 1 amide bonds. The van der Waals surface area contributed by atoms with Crippen LogP contribution in [-0.2, 0) is 28.8 Å². The van der Waals surface area contributed by atoms with Crippen molar-refractivity contribution in [3.63, 3.8) is 0 Å². The van der Waals surface area contributed by atoms with Gasteiger partial charge in [0, 0.05) is 0 Å². The van der Waals surface area contributed by atoms with E-state index in [1.54, 1.807) is 4.90 Å². The Morgan fingerprint density at radius 3 is 2.76 bits per heavy atom. The molecule has 1 aliphatic carbocycles. The summed E-state index contributed by atoms with van der Waals surface area (Å²) in [5.74, 6) is -0.110. The van der Waals surface area contributed by atoms with Crippen molar-refractivity contribution in [2.75, 3.05) is 17.5 Å². The van der Waals surface area contributed by atoms with Crippen molar-refractivity contribution >= 4 is 23.2 Å². The van der Waals surface area contributed by atoms with E-state index in [-0.39, 0.29) is 24.6 Å². The number of benzene rings is 1. The van der Waals surface area contributed by atoms with Crippen LogP contribution < -0.4 is 4.90 Å². The molecule has 0 aromatic heterocycles. The number of hydrogen-bond acceptors (Lipinski definition) is 2. The Morgan fingerprint density at radius 2 is 2.14 bits per heavy atom. The molecule has 21 heavy (non-hydrogen) atoms. The highest BCUT2D eigenvalue weighted by atomic mass is 35.5. The second kappa shape index (κ2) is 7.28. The molecule has 0 spiro atoms. The van der Waals surface area contributed by atoms with Crippen LogP contribution in [0.5, 0.6) is 0 Å². The molecule has 1 aliphatic rings. The minimum Gasteiger partial charge on any atom is -0.358 e. The first-order valence-corrected chi connectivity index (χ1v) is 8.23. The number of anilines is 1. The molecule has 3 nitrogen and oxygen atoms in total. The van der Waals surface area contributed by atoms with E-state index >= 15 is 0 Å². The maximum absolute atomic E-state index is 12.3. The fourth-order valence-electron chi connectivity index (χ4n) is 2.87. The van der Waals surface area contributed by atoms with Gasteiger partial charge in [0.2, 0.25) is 5.91 Å². The summed E-state index contributed by atoms with van der Waals surface area (Å²) in [6, 6.07) is 4.35. The number of halogens is 1. The number of carbonyl (C=O) groups is 1. The van der Waals surface area contributed by atoms with Gasteiger partial charge >= 0.3 is 0 Å². The quantitative estimate of drug-likeness (QED) is 0.592.